The van der Waals surface area contributed by atoms with Crippen LogP contribution in [-0.4, -0.2) is 0 Å². The third-order valence-corrected chi connectivity index (χ3v) is 5.20. The highest BCUT2D eigenvalue weighted by Crippen LogP contribution is 2.32. The molecule has 0 radical (unpaired) electrons. The van der Waals surface area contributed by atoms with Crippen LogP contribution in [0.5, 0.6) is 0 Å². The van der Waals surface area contributed by atoms with Gasteiger partial charge >= 0.3 is 0 Å². The Bertz CT molecular complexity index is 578. The Morgan fingerprint density at radius 2 is 1.81 bits per heavy atom. The number of hydrogen-bond acceptors (Lipinski definition) is 0. The Kier molecular flexibility index (Phi) is 4.95. The van der Waals surface area contributed by atoms with Crippen LogP contribution in [0.25, 0.3) is 10.8 Å². The molecular formula is C21H28. The quantitative estimate of drug-likeness (QED) is 0.558. The Morgan fingerprint density at radius 3 is 2.57 bits per heavy atom. The average Bonchev–Trinajstić information content (AvgIpc) is 2.48. The lowest BCUT2D eigenvalue weighted by Gasteiger charge is -2.25. The molecule has 0 aliphatic heterocycles. The first kappa shape index (κ1) is 14.6. The van der Waals surface area contributed by atoms with E-state index >= 15 is 0 Å². The minimum Gasteiger partial charge on any atom is -0.0654 e. The molecule has 0 spiro atoms. The molecule has 0 heterocycles. The second-order valence-corrected chi connectivity index (χ2v) is 6.72. The van der Waals surface area contributed by atoms with Crippen molar-refractivity contribution >= 4 is 10.8 Å². The largest absolute Gasteiger partial charge is 0.0654 e. The maximum atomic E-state index is 2.40. The molecule has 0 heteroatoms. The molecular weight excluding hydrogens is 252 g/mol. The molecule has 0 atom stereocenters. The molecule has 21 heavy (non-hydrogen) atoms. The third kappa shape index (κ3) is 3.48. The fraction of sp³-hybridized carbons (Fsp3) is 0.524. The number of aryl methyl sites for hydroxylation is 2. The first-order valence-electron chi connectivity index (χ1n) is 8.88. The Hall–Kier alpha value is -1.30. The highest BCUT2D eigenvalue weighted by Gasteiger charge is 2.16. The van der Waals surface area contributed by atoms with Gasteiger partial charge in [-0.15, -0.1) is 0 Å². The molecule has 0 saturated heterocycles. The van der Waals surface area contributed by atoms with Crippen molar-refractivity contribution in [2.45, 2.75) is 64.7 Å². The van der Waals surface area contributed by atoms with E-state index in [1.165, 1.54) is 68.6 Å². The van der Waals surface area contributed by atoms with E-state index in [9.17, 15) is 0 Å². The molecule has 112 valence electrons. The Labute approximate surface area is 129 Å². The Balaban J connectivity index is 1.77. The van der Waals surface area contributed by atoms with Crippen LogP contribution >= 0.6 is 0 Å². The zero-order valence-corrected chi connectivity index (χ0v) is 13.4. The molecule has 0 unspecified atom stereocenters. The minimum absolute atomic E-state index is 1.05. The van der Waals surface area contributed by atoms with Gasteiger partial charge in [0.05, 0.1) is 0 Å². The molecule has 0 bridgehead atoms. The fourth-order valence-corrected chi connectivity index (χ4v) is 3.63. The maximum absolute atomic E-state index is 2.40. The summed E-state index contributed by atoms with van der Waals surface area (Å²) in [5.41, 5.74) is 3.24. The van der Waals surface area contributed by atoms with Crippen molar-refractivity contribution in [3.63, 3.8) is 0 Å². The molecule has 0 amide bonds. The van der Waals surface area contributed by atoms with Crippen LogP contribution in [0.3, 0.4) is 0 Å². The summed E-state index contributed by atoms with van der Waals surface area (Å²) in [7, 11) is 0. The van der Waals surface area contributed by atoms with Crippen LogP contribution in [0.2, 0.25) is 0 Å². The standard InChI is InChI=1S/C21H28/c1-2-3-13-20-19(12-7-10-17-8-6-9-17)16-15-18-11-4-5-14-21(18)20/h4-5,11,14-17H,2-3,6-10,12-13H2,1H3. The molecule has 1 aliphatic rings. The average molecular weight is 280 g/mol. The monoisotopic (exact) mass is 280 g/mol. The zero-order chi connectivity index (χ0) is 14.5. The molecule has 0 N–H and O–H groups in total. The van der Waals surface area contributed by atoms with E-state index in [1.54, 1.807) is 11.1 Å². The van der Waals surface area contributed by atoms with Crippen molar-refractivity contribution < 1.29 is 0 Å². The van der Waals surface area contributed by atoms with E-state index in [1.807, 2.05) is 0 Å². The highest BCUT2D eigenvalue weighted by molar-refractivity contribution is 5.86. The molecule has 3 rings (SSSR count). The van der Waals surface area contributed by atoms with E-state index in [0.717, 1.165) is 5.92 Å². The van der Waals surface area contributed by atoms with Crippen molar-refractivity contribution in [1.29, 1.82) is 0 Å². The zero-order valence-electron chi connectivity index (χ0n) is 13.4. The molecule has 0 aromatic heterocycles. The van der Waals surface area contributed by atoms with Crippen molar-refractivity contribution in [1.82, 2.24) is 0 Å². The fourth-order valence-electron chi connectivity index (χ4n) is 3.63. The third-order valence-electron chi connectivity index (χ3n) is 5.20. The summed E-state index contributed by atoms with van der Waals surface area (Å²) < 4.78 is 0. The number of fused-ring (bicyclic) bond motifs is 1. The second kappa shape index (κ2) is 7.11. The van der Waals surface area contributed by atoms with Gasteiger partial charge in [0.25, 0.3) is 0 Å². The van der Waals surface area contributed by atoms with E-state index in [4.69, 9.17) is 0 Å². The minimum atomic E-state index is 1.05. The lowest BCUT2D eigenvalue weighted by atomic mass is 9.81. The predicted octanol–water partition coefficient (Wildman–Crippen LogP) is 6.31. The summed E-state index contributed by atoms with van der Waals surface area (Å²) in [4.78, 5) is 0. The maximum Gasteiger partial charge on any atom is -0.0149 e. The summed E-state index contributed by atoms with van der Waals surface area (Å²) in [6.07, 6.45) is 12.4. The topological polar surface area (TPSA) is 0 Å². The van der Waals surface area contributed by atoms with E-state index < -0.39 is 0 Å². The summed E-state index contributed by atoms with van der Waals surface area (Å²) in [6.45, 7) is 2.29. The number of benzene rings is 2. The van der Waals surface area contributed by atoms with Crippen molar-refractivity contribution in [3.05, 3.63) is 47.5 Å². The molecule has 2 aromatic carbocycles. The number of rotatable bonds is 7. The van der Waals surface area contributed by atoms with E-state index in [2.05, 4.69) is 43.3 Å². The summed E-state index contributed by atoms with van der Waals surface area (Å²) in [5, 5.41) is 2.90. The normalized spacial score (nSPS) is 15.3. The smallest absolute Gasteiger partial charge is 0.0149 e. The number of hydrogen-bond donors (Lipinski definition) is 0. The van der Waals surface area contributed by atoms with Crippen LogP contribution in [-0.2, 0) is 12.8 Å². The molecule has 1 fully saturated rings. The predicted molar refractivity (Wildman–Crippen MR) is 92.8 cm³/mol. The highest BCUT2D eigenvalue weighted by atomic mass is 14.2. The first-order chi connectivity index (χ1) is 10.4. The van der Waals surface area contributed by atoms with E-state index in [0.29, 0.717) is 0 Å². The first-order valence-corrected chi connectivity index (χ1v) is 8.88. The molecule has 0 nitrogen and oxygen atoms in total. The summed E-state index contributed by atoms with van der Waals surface area (Å²) in [5.74, 6) is 1.05. The van der Waals surface area contributed by atoms with Gasteiger partial charge in [0.15, 0.2) is 0 Å². The SMILES string of the molecule is CCCCc1c(CCCC2CCC2)ccc2ccccc12. The van der Waals surface area contributed by atoms with Crippen molar-refractivity contribution in [2.75, 3.05) is 0 Å². The van der Waals surface area contributed by atoms with Gasteiger partial charge in [-0.25, -0.2) is 0 Å². The van der Waals surface area contributed by atoms with Gasteiger partial charge in [0, 0.05) is 0 Å². The van der Waals surface area contributed by atoms with Crippen LogP contribution in [0, 0.1) is 5.92 Å². The van der Waals surface area contributed by atoms with Gasteiger partial charge in [-0.05, 0) is 53.5 Å². The lowest BCUT2D eigenvalue weighted by molar-refractivity contribution is 0.290. The van der Waals surface area contributed by atoms with Crippen LogP contribution in [0.15, 0.2) is 36.4 Å². The number of unbranched alkanes of at least 4 members (excludes halogenated alkanes) is 1. The molecule has 1 aliphatic carbocycles. The van der Waals surface area contributed by atoms with Gasteiger partial charge in [0.1, 0.15) is 0 Å². The van der Waals surface area contributed by atoms with Crippen LogP contribution < -0.4 is 0 Å². The van der Waals surface area contributed by atoms with Gasteiger partial charge in [-0.1, -0.05) is 75.4 Å². The van der Waals surface area contributed by atoms with Gasteiger partial charge in [-0.3, -0.25) is 0 Å². The van der Waals surface area contributed by atoms with Crippen LogP contribution in [0.1, 0.15) is 63.0 Å². The summed E-state index contributed by atoms with van der Waals surface area (Å²) >= 11 is 0. The summed E-state index contributed by atoms with van der Waals surface area (Å²) in [6, 6.07) is 13.6. The molecule has 1 saturated carbocycles. The van der Waals surface area contributed by atoms with Gasteiger partial charge in [-0.2, -0.15) is 0 Å². The second-order valence-electron chi connectivity index (χ2n) is 6.72. The van der Waals surface area contributed by atoms with E-state index in [-0.39, 0.29) is 0 Å². The molecule has 2 aromatic rings. The van der Waals surface area contributed by atoms with Gasteiger partial charge in [0.2, 0.25) is 0 Å². The van der Waals surface area contributed by atoms with Crippen molar-refractivity contribution in [2.24, 2.45) is 5.92 Å². The van der Waals surface area contributed by atoms with Gasteiger partial charge < -0.3 is 0 Å². The van der Waals surface area contributed by atoms with Crippen LogP contribution in [0.4, 0.5) is 0 Å². The van der Waals surface area contributed by atoms with Crippen molar-refractivity contribution in [3.8, 4) is 0 Å². The Morgan fingerprint density at radius 1 is 0.952 bits per heavy atom. The lowest BCUT2D eigenvalue weighted by Crippen LogP contribution is -2.11.